The Bertz CT molecular complexity index is 904. The number of benzene rings is 2. The molecule has 0 fully saturated rings. The number of anilines is 1. The van der Waals surface area contributed by atoms with Gasteiger partial charge in [-0.05, 0) is 62.0 Å². The molecule has 6 nitrogen and oxygen atoms in total. The number of hydrogen-bond acceptors (Lipinski definition) is 4. The molecule has 0 saturated heterocycles. The summed E-state index contributed by atoms with van der Waals surface area (Å²) in [6.07, 6.45) is 0.942. The van der Waals surface area contributed by atoms with Gasteiger partial charge in [0.05, 0.1) is 22.4 Å². The second-order valence-electron chi connectivity index (χ2n) is 5.88. The summed E-state index contributed by atoms with van der Waals surface area (Å²) in [4.78, 5) is 23.7. The van der Waals surface area contributed by atoms with E-state index in [1.165, 1.54) is 12.1 Å². The van der Waals surface area contributed by atoms with Crippen LogP contribution in [0.1, 0.15) is 41.0 Å². The Kier molecular flexibility index (Phi) is 7.62. The number of carboxylic acid groups (broad SMARTS) is 1. The zero-order valence-electron chi connectivity index (χ0n) is 15.1. The van der Waals surface area contributed by atoms with Gasteiger partial charge < -0.3 is 15.2 Å². The van der Waals surface area contributed by atoms with Crippen LogP contribution in [0.3, 0.4) is 0 Å². The standard InChI is InChI=1S/C19H18Cl2N2O4S/c1-3-10(2)27-13-6-4-11(5-7-13)17(24)23-19(28)22-16-14(18(25)26)8-12(20)9-15(16)21/h4-10H,3H2,1-2H3,(H,25,26)(H2,22,23,24,28)/t10-/m0/s1. The molecule has 0 aliphatic carbocycles. The second-order valence-corrected chi connectivity index (χ2v) is 7.14. The van der Waals surface area contributed by atoms with Gasteiger partial charge in [0.15, 0.2) is 5.11 Å². The summed E-state index contributed by atoms with van der Waals surface area (Å²) in [5, 5.41) is 14.5. The number of nitrogens with one attached hydrogen (secondary N) is 2. The lowest BCUT2D eigenvalue weighted by atomic mass is 10.2. The van der Waals surface area contributed by atoms with Crippen molar-refractivity contribution in [2.75, 3.05) is 5.32 Å². The quantitative estimate of drug-likeness (QED) is 0.548. The summed E-state index contributed by atoms with van der Waals surface area (Å²) >= 11 is 17.0. The summed E-state index contributed by atoms with van der Waals surface area (Å²) in [6, 6.07) is 9.20. The summed E-state index contributed by atoms with van der Waals surface area (Å²) in [6.45, 7) is 3.97. The highest BCUT2D eigenvalue weighted by Crippen LogP contribution is 2.30. The zero-order chi connectivity index (χ0) is 20.8. The third-order valence-corrected chi connectivity index (χ3v) is 4.50. The monoisotopic (exact) mass is 440 g/mol. The lowest BCUT2D eigenvalue weighted by Crippen LogP contribution is -2.34. The van der Waals surface area contributed by atoms with E-state index in [9.17, 15) is 14.7 Å². The van der Waals surface area contributed by atoms with E-state index in [-0.39, 0.29) is 32.5 Å². The van der Waals surface area contributed by atoms with Crippen molar-refractivity contribution in [1.29, 1.82) is 0 Å². The van der Waals surface area contributed by atoms with Crippen LogP contribution in [0.5, 0.6) is 5.75 Å². The largest absolute Gasteiger partial charge is 0.491 e. The summed E-state index contributed by atoms with van der Waals surface area (Å²) < 4.78 is 5.67. The topological polar surface area (TPSA) is 87.7 Å². The first-order valence-corrected chi connectivity index (χ1v) is 9.49. The molecule has 0 unspecified atom stereocenters. The van der Waals surface area contributed by atoms with Crippen molar-refractivity contribution in [2.24, 2.45) is 0 Å². The second kappa shape index (κ2) is 9.73. The molecule has 0 aliphatic rings. The van der Waals surface area contributed by atoms with Crippen LogP contribution in [-0.2, 0) is 0 Å². The number of ether oxygens (including phenoxy) is 1. The van der Waals surface area contributed by atoms with Gasteiger partial charge in [-0.3, -0.25) is 10.1 Å². The maximum atomic E-state index is 12.3. The fourth-order valence-corrected chi connectivity index (χ4v) is 2.93. The molecule has 9 heteroatoms. The van der Waals surface area contributed by atoms with Gasteiger partial charge in [0.25, 0.3) is 5.91 Å². The first-order valence-electron chi connectivity index (χ1n) is 8.32. The fourth-order valence-electron chi connectivity index (χ4n) is 2.19. The minimum atomic E-state index is -1.24. The molecule has 0 bridgehead atoms. The highest BCUT2D eigenvalue weighted by Gasteiger charge is 2.17. The minimum Gasteiger partial charge on any atom is -0.491 e. The SMILES string of the molecule is CC[C@H](C)Oc1ccc(C(=O)NC(=S)Nc2c(Cl)cc(Cl)cc2C(=O)O)cc1. The van der Waals surface area contributed by atoms with Gasteiger partial charge >= 0.3 is 5.97 Å². The highest BCUT2D eigenvalue weighted by molar-refractivity contribution is 7.80. The average molecular weight is 441 g/mol. The number of carbonyl (C=O) groups is 2. The molecule has 28 heavy (non-hydrogen) atoms. The molecule has 0 radical (unpaired) electrons. The first kappa shape index (κ1) is 21.9. The van der Waals surface area contributed by atoms with Crippen molar-refractivity contribution in [3.8, 4) is 5.75 Å². The Morgan fingerprint density at radius 1 is 1.21 bits per heavy atom. The summed E-state index contributed by atoms with van der Waals surface area (Å²) in [5.74, 6) is -1.04. The Morgan fingerprint density at radius 3 is 2.43 bits per heavy atom. The van der Waals surface area contributed by atoms with Gasteiger partial charge in [-0.2, -0.15) is 0 Å². The van der Waals surface area contributed by atoms with Crippen molar-refractivity contribution in [3.63, 3.8) is 0 Å². The van der Waals surface area contributed by atoms with Crippen LogP contribution in [0.25, 0.3) is 0 Å². The van der Waals surface area contributed by atoms with E-state index in [4.69, 9.17) is 40.2 Å². The van der Waals surface area contributed by atoms with Crippen molar-refractivity contribution in [2.45, 2.75) is 26.4 Å². The lowest BCUT2D eigenvalue weighted by molar-refractivity contribution is 0.0697. The van der Waals surface area contributed by atoms with E-state index in [0.717, 1.165) is 6.42 Å². The number of carboxylic acids is 1. The molecular weight excluding hydrogens is 423 g/mol. The molecule has 2 aromatic carbocycles. The Hall–Kier alpha value is -2.35. The van der Waals surface area contributed by atoms with Crippen LogP contribution in [0.15, 0.2) is 36.4 Å². The van der Waals surface area contributed by atoms with Gasteiger partial charge in [0.2, 0.25) is 0 Å². The molecule has 3 N–H and O–H groups in total. The maximum absolute atomic E-state index is 12.3. The van der Waals surface area contributed by atoms with Crippen molar-refractivity contribution >= 4 is 58.1 Å². The Labute approximate surface area is 177 Å². The first-order chi connectivity index (χ1) is 13.2. The predicted octanol–water partition coefficient (Wildman–Crippen LogP) is 5.00. The van der Waals surface area contributed by atoms with E-state index in [1.807, 2.05) is 13.8 Å². The molecule has 2 rings (SSSR count). The van der Waals surface area contributed by atoms with E-state index in [1.54, 1.807) is 24.3 Å². The number of aromatic carboxylic acids is 1. The van der Waals surface area contributed by atoms with Crippen molar-refractivity contribution < 1.29 is 19.4 Å². The molecule has 0 spiro atoms. The number of thiocarbonyl (C=S) groups is 1. The smallest absolute Gasteiger partial charge is 0.337 e. The van der Waals surface area contributed by atoms with Gasteiger partial charge in [-0.25, -0.2) is 4.79 Å². The number of rotatable bonds is 6. The maximum Gasteiger partial charge on any atom is 0.337 e. The summed E-state index contributed by atoms with van der Waals surface area (Å²) in [5.41, 5.74) is 0.239. The van der Waals surface area contributed by atoms with Crippen molar-refractivity contribution in [3.05, 3.63) is 57.6 Å². The molecule has 0 heterocycles. The van der Waals surface area contributed by atoms with Gasteiger partial charge in [-0.1, -0.05) is 30.1 Å². The van der Waals surface area contributed by atoms with Gasteiger partial charge in [-0.15, -0.1) is 0 Å². The summed E-state index contributed by atoms with van der Waals surface area (Å²) in [7, 11) is 0. The molecule has 1 amide bonds. The number of hydrogen-bond donors (Lipinski definition) is 3. The van der Waals surface area contributed by atoms with E-state index < -0.39 is 11.9 Å². The number of carbonyl (C=O) groups excluding carboxylic acids is 1. The highest BCUT2D eigenvalue weighted by atomic mass is 35.5. The third kappa shape index (κ3) is 5.82. The predicted molar refractivity (Wildman–Crippen MR) is 114 cm³/mol. The molecule has 2 aromatic rings. The van der Waals surface area contributed by atoms with Crippen molar-refractivity contribution in [1.82, 2.24) is 5.32 Å². The fraction of sp³-hybridized carbons (Fsp3) is 0.211. The average Bonchev–Trinajstić information content (AvgIpc) is 2.63. The van der Waals surface area contributed by atoms with Crippen LogP contribution < -0.4 is 15.4 Å². The molecule has 148 valence electrons. The van der Waals surface area contributed by atoms with E-state index in [2.05, 4.69) is 10.6 Å². The molecule has 0 aromatic heterocycles. The normalized spacial score (nSPS) is 11.4. The molecular formula is C19H18Cl2N2O4S. The third-order valence-electron chi connectivity index (χ3n) is 3.78. The minimum absolute atomic E-state index is 0.0427. The zero-order valence-corrected chi connectivity index (χ0v) is 17.4. The van der Waals surface area contributed by atoms with Crippen LogP contribution in [0.4, 0.5) is 5.69 Å². The van der Waals surface area contributed by atoms with Gasteiger partial charge in [0.1, 0.15) is 5.75 Å². The molecule has 0 aliphatic heterocycles. The number of halogens is 2. The van der Waals surface area contributed by atoms with E-state index >= 15 is 0 Å². The Balaban J connectivity index is 2.07. The van der Waals surface area contributed by atoms with Gasteiger partial charge in [0, 0.05) is 10.6 Å². The molecule has 0 saturated carbocycles. The lowest BCUT2D eigenvalue weighted by Gasteiger charge is -2.14. The number of amides is 1. The van der Waals surface area contributed by atoms with Crippen LogP contribution in [0, 0.1) is 0 Å². The Morgan fingerprint density at radius 2 is 1.86 bits per heavy atom. The van der Waals surface area contributed by atoms with E-state index in [0.29, 0.717) is 11.3 Å². The van der Waals surface area contributed by atoms with Crippen LogP contribution in [0.2, 0.25) is 10.0 Å². The molecule has 1 atom stereocenters. The van der Waals surface area contributed by atoms with Crippen LogP contribution >= 0.6 is 35.4 Å². The van der Waals surface area contributed by atoms with Crippen LogP contribution in [-0.4, -0.2) is 28.2 Å².